The van der Waals surface area contributed by atoms with Crippen LogP contribution in [0.3, 0.4) is 0 Å². The van der Waals surface area contributed by atoms with Gasteiger partial charge >= 0.3 is 0 Å². The van der Waals surface area contributed by atoms with Crippen molar-refractivity contribution in [2.24, 2.45) is 0 Å². The highest BCUT2D eigenvalue weighted by molar-refractivity contribution is 4.91. The Hall–Kier alpha value is -0.260. The molecule has 0 aromatic heterocycles. The molecule has 0 unspecified atom stereocenters. The van der Waals surface area contributed by atoms with E-state index in [1.54, 1.807) is 0 Å². The van der Waals surface area contributed by atoms with Crippen LogP contribution in [0.2, 0.25) is 0 Å². The van der Waals surface area contributed by atoms with Crippen molar-refractivity contribution >= 4 is 0 Å². The summed E-state index contributed by atoms with van der Waals surface area (Å²) in [7, 11) is 0. The first-order valence-electron chi connectivity index (χ1n) is 5.15. The Kier molecular flexibility index (Phi) is 10.5. The molecule has 2 radical (unpaired) electrons. The van der Waals surface area contributed by atoms with Crippen LogP contribution in [-0.4, -0.2) is 0 Å². The van der Waals surface area contributed by atoms with Gasteiger partial charge in [0.05, 0.1) is 0 Å². The zero-order valence-corrected chi connectivity index (χ0v) is 8.39. The van der Waals surface area contributed by atoms with E-state index in [4.69, 9.17) is 0 Å². The number of hydrogen-bond acceptors (Lipinski definition) is 0. The van der Waals surface area contributed by atoms with Crippen molar-refractivity contribution < 1.29 is 0 Å². The smallest absolute Gasteiger partial charge is 0.0202 e. The molecule has 0 aliphatic heterocycles. The molecule has 0 aromatic rings. The maximum absolute atomic E-state index is 3.83. The maximum atomic E-state index is 3.83. The predicted octanol–water partition coefficient (Wildman–Crippen LogP) is 4.33. The van der Waals surface area contributed by atoms with Crippen molar-refractivity contribution in [2.45, 2.75) is 51.9 Å². The fourth-order valence-electron chi connectivity index (χ4n) is 1.20. The lowest BCUT2D eigenvalue weighted by Crippen LogP contribution is -1.77. The summed E-state index contributed by atoms with van der Waals surface area (Å²) in [4.78, 5) is 0. The Morgan fingerprint density at radius 2 is 1.67 bits per heavy atom. The summed E-state index contributed by atoms with van der Waals surface area (Å²) in [5.74, 6) is 0. The second-order valence-corrected chi connectivity index (χ2v) is 3.17. The molecule has 0 saturated heterocycles. The van der Waals surface area contributed by atoms with Gasteiger partial charge in [0.1, 0.15) is 0 Å². The highest BCUT2D eigenvalue weighted by Crippen LogP contribution is 2.06. The Labute approximate surface area is 78.1 Å². The standard InChI is InChI=1S/C12H22/c1-3-5-7-9-11-12-10-8-6-4-2/h4,6,8H,1,3,5,7,9-12H2,2H3. The first kappa shape index (κ1) is 11.7. The molecule has 0 spiro atoms. The third-order valence-electron chi connectivity index (χ3n) is 1.95. The minimum atomic E-state index is 1.10. The molecule has 70 valence electrons. The van der Waals surface area contributed by atoms with Crippen molar-refractivity contribution in [3.05, 3.63) is 25.5 Å². The SMILES string of the molecule is [CH2]CCCCCCCC=C[CH]C. The molecule has 0 saturated carbocycles. The van der Waals surface area contributed by atoms with E-state index >= 15 is 0 Å². The molecule has 0 rings (SSSR count). The monoisotopic (exact) mass is 166 g/mol. The quantitative estimate of drug-likeness (QED) is 0.471. The second kappa shape index (κ2) is 10.7. The normalized spacial score (nSPS) is 11.2. The molecule has 0 amide bonds. The number of allylic oxidation sites excluding steroid dienone is 2. The van der Waals surface area contributed by atoms with Crippen LogP contribution in [0.1, 0.15) is 51.9 Å². The van der Waals surface area contributed by atoms with Crippen LogP contribution in [0, 0.1) is 13.3 Å². The summed E-state index contributed by atoms with van der Waals surface area (Å²) in [6.45, 7) is 5.89. The molecule has 0 heteroatoms. The molecular formula is C12H22. The van der Waals surface area contributed by atoms with Crippen molar-refractivity contribution in [3.8, 4) is 0 Å². The molecule has 0 aliphatic rings. The molecule has 12 heavy (non-hydrogen) atoms. The summed E-state index contributed by atoms with van der Waals surface area (Å²) < 4.78 is 0. The van der Waals surface area contributed by atoms with Gasteiger partial charge in [-0.25, -0.2) is 0 Å². The van der Waals surface area contributed by atoms with E-state index in [-0.39, 0.29) is 0 Å². The zero-order valence-electron chi connectivity index (χ0n) is 8.39. The van der Waals surface area contributed by atoms with Gasteiger partial charge in [-0.05, 0) is 19.3 Å². The highest BCUT2D eigenvalue weighted by Gasteiger charge is 1.87. The van der Waals surface area contributed by atoms with Crippen LogP contribution in [0.4, 0.5) is 0 Å². The van der Waals surface area contributed by atoms with Crippen LogP contribution in [0.5, 0.6) is 0 Å². The van der Waals surface area contributed by atoms with Crippen LogP contribution in [0.25, 0.3) is 0 Å². The lowest BCUT2D eigenvalue weighted by molar-refractivity contribution is 0.621. The van der Waals surface area contributed by atoms with Gasteiger partial charge in [-0.1, -0.05) is 58.1 Å². The molecule has 0 fully saturated rings. The van der Waals surface area contributed by atoms with E-state index in [9.17, 15) is 0 Å². The summed E-state index contributed by atoms with van der Waals surface area (Å²) in [5, 5.41) is 0. The fourth-order valence-corrected chi connectivity index (χ4v) is 1.20. The molecule has 0 atom stereocenters. The topological polar surface area (TPSA) is 0 Å². The Morgan fingerprint density at radius 1 is 1.00 bits per heavy atom. The van der Waals surface area contributed by atoms with Crippen LogP contribution in [-0.2, 0) is 0 Å². The molecule has 0 nitrogen and oxygen atoms in total. The fraction of sp³-hybridized carbons (Fsp3) is 0.667. The van der Waals surface area contributed by atoms with Crippen molar-refractivity contribution in [2.75, 3.05) is 0 Å². The van der Waals surface area contributed by atoms with Crippen LogP contribution < -0.4 is 0 Å². The van der Waals surface area contributed by atoms with Gasteiger partial charge in [-0.15, -0.1) is 0 Å². The lowest BCUT2D eigenvalue weighted by atomic mass is 10.1. The predicted molar refractivity (Wildman–Crippen MR) is 56.8 cm³/mol. The van der Waals surface area contributed by atoms with Crippen molar-refractivity contribution in [3.63, 3.8) is 0 Å². The van der Waals surface area contributed by atoms with E-state index in [2.05, 4.69) is 32.4 Å². The van der Waals surface area contributed by atoms with E-state index in [1.165, 1.54) is 38.5 Å². The zero-order chi connectivity index (χ0) is 9.07. The van der Waals surface area contributed by atoms with Gasteiger partial charge in [-0.2, -0.15) is 0 Å². The lowest BCUT2D eigenvalue weighted by Gasteiger charge is -1.97. The van der Waals surface area contributed by atoms with Crippen LogP contribution >= 0.6 is 0 Å². The largest absolute Gasteiger partial charge is 0.0882 e. The van der Waals surface area contributed by atoms with Crippen LogP contribution in [0.15, 0.2) is 12.2 Å². The third-order valence-corrected chi connectivity index (χ3v) is 1.95. The molecule has 0 bridgehead atoms. The molecular weight excluding hydrogens is 144 g/mol. The Morgan fingerprint density at radius 3 is 2.33 bits per heavy atom. The van der Waals surface area contributed by atoms with Gasteiger partial charge in [0.2, 0.25) is 0 Å². The summed E-state index contributed by atoms with van der Waals surface area (Å²) in [5.41, 5.74) is 0. The Bertz CT molecular complexity index is 92.2. The van der Waals surface area contributed by atoms with Gasteiger partial charge in [-0.3, -0.25) is 0 Å². The first-order chi connectivity index (χ1) is 5.91. The van der Waals surface area contributed by atoms with Gasteiger partial charge in [0.25, 0.3) is 0 Å². The second-order valence-electron chi connectivity index (χ2n) is 3.17. The van der Waals surface area contributed by atoms with E-state index < -0.39 is 0 Å². The van der Waals surface area contributed by atoms with Gasteiger partial charge in [0.15, 0.2) is 0 Å². The highest BCUT2D eigenvalue weighted by atomic mass is 13.9. The number of hydrogen-bond donors (Lipinski definition) is 0. The third kappa shape index (κ3) is 9.74. The summed E-state index contributed by atoms with van der Waals surface area (Å²) in [6, 6.07) is 0. The molecule has 0 aromatic carbocycles. The minimum absolute atomic E-state index is 1.10. The summed E-state index contributed by atoms with van der Waals surface area (Å²) >= 11 is 0. The minimum Gasteiger partial charge on any atom is -0.0882 e. The Balaban J connectivity index is 2.86. The number of unbranched alkanes of at least 4 members (excludes halogenated alkanes) is 6. The molecule has 0 N–H and O–H groups in total. The van der Waals surface area contributed by atoms with Crippen molar-refractivity contribution in [1.82, 2.24) is 0 Å². The molecule has 0 heterocycles. The van der Waals surface area contributed by atoms with E-state index in [1.807, 2.05) is 0 Å². The van der Waals surface area contributed by atoms with Gasteiger partial charge in [0, 0.05) is 0 Å². The van der Waals surface area contributed by atoms with E-state index in [0.717, 1.165) is 6.42 Å². The van der Waals surface area contributed by atoms with Crippen molar-refractivity contribution in [1.29, 1.82) is 0 Å². The molecule has 0 aliphatic carbocycles. The van der Waals surface area contributed by atoms with Gasteiger partial charge < -0.3 is 0 Å². The summed E-state index contributed by atoms with van der Waals surface area (Å²) in [6.07, 6.45) is 15.6. The average Bonchev–Trinajstić information content (AvgIpc) is 2.10. The van der Waals surface area contributed by atoms with E-state index in [0.29, 0.717) is 0 Å². The number of rotatable bonds is 8. The maximum Gasteiger partial charge on any atom is -0.0202 e. The average molecular weight is 166 g/mol. The first-order valence-corrected chi connectivity index (χ1v) is 5.15.